The van der Waals surface area contributed by atoms with Crippen LogP contribution >= 0.6 is 23.2 Å². The number of halogens is 2. The zero-order valence-electron chi connectivity index (χ0n) is 17.5. The summed E-state index contributed by atoms with van der Waals surface area (Å²) in [5, 5.41) is 13.2. The van der Waals surface area contributed by atoms with Crippen LogP contribution in [0.1, 0.15) is 36.9 Å². The second-order valence-corrected chi connectivity index (χ2v) is 8.64. The number of carbonyl (C=O) groups excluding carboxylic acids is 1. The Morgan fingerprint density at radius 1 is 1.30 bits per heavy atom. The predicted octanol–water partition coefficient (Wildman–Crippen LogP) is 4.34. The summed E-state index contributed by atoms with van der Waals surface area (Å²) in [6, 6.07) is 5.38. The van der Waals surface area contributed by atoms with Gasteiger partial charge in [0.05, 0.1) is 22.7 Å². The van der Waals surface area contributed by atoms with Crippen molar-refractivity contribution in [3.05, 3.63) is 51.8 Å². The summed E-state index contributed by atoms with van der Waals surface area (Å²) >= 11 is 13.1. The van der Waals surface area contributed by atoms with Crippen LogP contribution in [-0.4, -0.2) is 59.1 Å². The van der Waals surface area contributed by atoms with Gasteiger partial charge in [0.25, 0.3) is 0 Å². The van der Waals surface area contributed by atoms with Gasteiger partial charge in [-0.15, -0.1) is 0 Å². The molecule has 2 heterocycles. The van der Waals surface area contributed by atoms with Crippen molar-refractivity contribution in [1.82, 2.24) is 20.1 Å². The number of likely N-dealkylation sites (tertiary alicyclic amines) is 1. The molecule has 0 saturated carbocycles. The number of hydrogen-bond acceptors (Lipinski definition) is 4. The van der Waals surface area contributed by atoms with E-state index in [1.165, 1.54) is 0 Å². The quantitative estimate of drug-likeness (QED) is 0.710. The maximum atomic E-state index is 12.8. The van der Waals surface area contributed by atoms with Crippen molar-refractivity contribution in [2.45, 2.75) is 38.5 Å². The van der Waals surface area contributed by atoms with Crippen LogP contribution in [0.5, 0.6) is 0 Å². The third-order valence-corrected chi connectivity index (χ3v) is 6.66. The van der Waals surface area contributed by atoms with E-state index in [4.69, 9.17) is 23.2 Å². The molecule has 0 spiro atoms. The number of nitrogens with one attached hydrogen (secondary N) is 1. The summed E-state index contributed by atoms with van der Waals surface area (Å²) in [5.74, 6) is 0. The van der Waals surface area contributed by atoms with Crippen LogP contribution in [0.3, 0.4) is 0 Å². The fourth-order valence-corrected chi connectivity index (χ4v) is 4.37. The van der Waals surface area contributed by atoms with Gasteiger partial charge in [-0.25, -0.2) is 4.79 Å². The highest BCUT2D eigenvalue weighted by Crippen LogP contribution is 2.38. The molecule has 1 aliphatic heterocycles. The highest BCUT2D eigenvalue weighted by Gasteiger charge is 2.25. The minimum Gasteiger partial charge on any atom is -0.392 e. The summed E-state index contributed by atoms with van der Waals surface area (Å²) in [6.07, 6.45) is 5.22. The normalized spacial score (nSPS) is 16.3. The topological polar surface area (TPSA) is 68.7 Å². The number of benzene rings is 1. The van der Waals surface area contributed by atoms with E-state index in [9.17, 15) is 9.90 Å². The SMILES string of the molecule is CC(NC(=O)N(C)C1CCN(C)CC1)c1ccc(-c2cncc(CO)c2)c(Cl)c1Cl. The van der Waals surface area contributed by atoms with E-state index in [-0.39, 0.29) is 24.7 Å². The van der Waals surface area contributed by atoms with Gasteiger partial charge >= 0.3 is 6.03 Å². The van der Waals surface area contributed by atoms with Gasteiger partial charge in [0.2, 0.25) is 0 Å². The number of aliphatic hydroxyl groups excluding tert-OH is 1. The molecule has 30 heavy (non-hydrogen) atoms. The lowest BCUT2D eigenvalue weighted by Crippen LogP contribution is -2.48. The highest BCUT2D eigenvalue weighted by atomic mass is 35.5. The van der Waals surface area contributed by atoms with Crippen molar-refractivity contribution in [3.63, 3.8) is 0 Å². The molecule has 1 aromatic heterocycles. The smallest absolute Gasteiger partial charge is 0.317 e. The van der Waals surface area contributed by atoms with Gasteiger partial charge < -0.3 is 20.2 Å². The molecule has 1 atom stereocenters. The van der Waals surface area contributed by atoms with Crippen LogP contribution in [0.2, 0.25) is 10.0 Å². The lowest BCUT2D eigenvalue weighted by Gasteiger charge is -2.35. The molecule has 1 aromatic carbocycles. The Bertz CT molecular complexity index is 901. The van der Waals surface area contributed by atoms with Crippen LogP contribution in [0.4, 0.5) is 4.79 Å². The Labute approximate surface area is 187 Å². The van der Waals surface area contributed by atoms with Gasteiger partial charge in [-0.05, 0) is 57.1 Å². The molecule has 6 nitrogen and oxygen atoms in total. The molecule has 0 aliphatic carbocycles. The van der Waals surface area contributed by atoms with Crippen molar-refractivity contribution in [3.8, 4) is 11.1 Å². The lowest BCUT2D eigenvalue weighted by atomic mass is 10.0. The Hall–Kier alpha value is -1.86. The first-order valence-corrected chi connectivity index (χ1v) is 10.8. The van der Waals surface area contributed by atoms with E-state index in [1.54, 1.807) is 17.3 Å². The second-order valence-electron chi connectivity index (χ2n) is 7.89. The number of urea groups is 1. The number of pyridine rings is 1. The van der Waals surface area contributed by atoms with Gasteiger partial charge in [-0.1, -0.05) is 35.3 Å². The minimum absolute atomic E-state index is 0.0991. The average Bonchev–Trinajstić information content (AvgIpc) is 2.75. The third-order valence-electron chi connectivity index (χ3n) is 5.76. The van der Waals surface area contributed by atoms with E-state index < -0.39 is 0 Å². The Morgan fingerprint density at radius 2 is 2.00 bits per heavy atom. The Balaban J connectivity index is 1.73. The van der Waals surface area contributed by atoms with Crippen LogP contribution in [0.25, 0.3) is 11.1 Å². The lowest BCUT2D eigenvalue weighted by molar-refractivity contribution is 0.146. The Morgan fingerprint density at radius 3 is 2.67 bits per heavy atom. The molecular formula is C22H28Cl2N4O2. The number of nitrogens with zero attached hydrogens (tertiary/aromatic N) is 3. The third kappa shape index (κ3) is 5.06. The van der Waals surface area contributed by atoms with Crippen LogP contribution in [0.15, 0.2) is 30.6 Å². The van der Waals surface area contributed by atoms with Crippen molar-refractivity contribution >= 4 is 29.2 Å². The average molecular weight is 451 g/mol. The maximum Gasteiger partial charge on any atom is 0.317 e. The van der Waals surface area contributed by atoms with Gasteiger partial charge in [0, 0.05) is 36.6 Å². The van der Waals surface area contributed by atoms with Crippen molar-refractivity contribution in [1.29, 1.82) is 0 Å². The number of aliphatic hydroxyl groups is 1. The first kappa shape index (κ1) is 22.8. The number of carbonyl (C=O) groups is 1. The molecule has 8 heteroatoms. The van der Waals surface area contributed by atoms with Crippen molar-refractivity contribution < 1.29 is 9.90 Å². The summed E-state index contributed by atoms with van der Waals surface area (Å²) in [5.41, 5.74) is 2.96. The Kier molecular flexibility index (Phi) is 7.58. The van der Waals surface area contributed by atoms with Crippen LogP contribution < -0.4 is 5.32 Å². The molecule has 2 amide bonds. The monoisotopic (exact) mass is 450 g/mol. The number of hydrogen-bond donors (Lipinski definition) is 2. The van der Waals surface area contributed by atoms with Crippen LogP contribution in [-0.2, 0) is 6.61 Å². The first-order valence-electron chi connectivity index (χ1n) is 10.1. The molecule has 1 fully saturated rings. The largest absolute Gasteiger partial charge is 0.392 e. The first-order chi connectivity index (χ1) is 14.3. The van der Waals surface area contributed by atoms with E-state index in [1.807, 2.05) is 32.2 Å². The predicted molar refractivity (Wildman–Crippen MR) is 121 cm³/mol. The molecule has 2 aromatic rings. The van der Waals surface area contributed by atoms with Gasteiger partial charge in [0.1, 0.15) is 0 Å². The van der Waals surface area contributed by atoms with Gasteiger partial charge in [-0.3, -0.25) is 4.98 Å². The van der Waals surface area contributed by atoms with E-state index in [2.05, 4.69) is 22.2 Å². The molecule has 1 saturated heterocycles. The van der Waals surface area contributed by atoms with Gasteiger partial charge in [-0.2, -0.15) is 0 Å². The molecule has 0 bridgehead atoms. The number of amides is 2. The number of rotatable bonds is 5. The van der Waals surface area contributed by atoms with Crippen molar-refractivity contribution in [2.75, 3.05) is 27.2 Å². The minimum atomic E-state index is -0.299. The molecule has 1 unspecified atom stereocenters. The van der Waals surface area contributed by atoms with Crippen molar-refractivity contribution in [2.24, 2.45) is 0 Å². The fourth-order valence-electron chi connectivity index (χ4n) is 3.76. The van der Waals surface area contributed by atoms with Crippen LogP contribution in [0, 0.1) is 0 Å². The highest BCUT2D eigenvalue weighted by molar-refractivity contribution is 6.44. The molecule has 3 rings (SSSR count). The zero-order valence-corrected chi connectivity index (χ0v) is 19.0. The summed E-state index contributed by atoms with van der Waals surface area (Å²) in [7, 11) is 3.95. The summed E-state index contributed by atoms with van der Waals surface area (Å²) in [4.78, 5) is 21.0. The summed E-state index contributed by atoms with van der Waals surface area (Å²) < 4.78 is 0. The molecule has 0 radical (unpaired) electrons. The molecule has 2 N–H and O–H groups in total. The maximum absolute atomic E-state index is 12.8. The molecule has 1 aliphatic rings. The second kappa shape index (κ2) is 9.96. The number of aromatic nitrogens is 1. The van der Waals surface area contributed by atoms with E-state index >= 15 is 0 Å². The zero-order chi connectivity index (χ0) is 21.8. The van der Waals surface area contributed by atoms with Gasteiger partial charge in [0.15, 0.2) is 0 Å². The van der Waals surface area contributed by atoms with E-state index in [0.717, 1.165) is 42.6 Å². The standard InChI is InChI=1S/C22H28Cl2N4O2/c1-14(26-22(30)28(3)17-6-8-27(2)9-7-17)18-4-5-19(21(24)20(18)23)16-10-15(13-29)11-25-12-16/h4-5,10-12,14,17,29H,6-9,13H2,1-3H3,(H,26,30). The summed E-state index contributed by atoms with van der Waals surface area (Å²) in [6.45, 7) is 3.78. The number of piperidine rings is 1. The molecular weight excluding hydrogens is 423 g/mol. The van der Waals surface area contributed by atoms with E-state index in [0.29, 0.717) is 15.6 Å². The fraction of sp³-hybridized carbons (Fsp3) is 0.455. The molecule has 162 valence electrons.